The van der Waals surface area contributed by atoms with Crippen LogP contribution in [0.2, 0.25) is 0 Å². The van der Waals surface area contributed by atoms with Gasteiger partial charge in [-0.3, -0.25) is 4.79 Å². The van der Waals surface area contributed by atoms with Crippen molar-refractivity contribution in [3.8, 4) is 0 Å². The Hall–Kier alpha value is -1.98. The Kier molecular flexibility index (Phi) is 3.97. The average molecular weight is 313 g/mol. The van der Waals surface area contributed by atoms with Crippen LogP contribution in [0.3, 0.4) is 0 Å². The van der Waals surface area contributed by atoms with Crippen LogP contribution in [0.5, 0.6) is 0 Å². The Morgan fingerprint density at radius 1 is 1.17 bits per heavy atom. The molecule has 1 unspecified atom stereocenters. The van der Waals surface area contributed by atoms with Crippen LogP contribution in [0, 0.1) is 5.92 Å². The Balaban J connectivity index is 1.46. The molecule has 1 saturated heterocycles. The van der Waals surface area contributed by atoms with Gasteiger partial charge >= 0.3 is 0 Å². The van der Waals surface area contributed by atoms with Crippen molar-refractivity contribution in [1.82, 2.24) is 24.5 Å². The molecule has 1 amide bonds. The van der Waals surface area contributed by atoms with E-state index in [1.807, 2.05) is 12.3 Å². The molecule has 0 radical (unpaired) electrons. The maximum absolute atomic E-state index is 12.8. The minimum Gasteiger partial charge on any atom is -0.339 e. The van der Waals surface area contributed by atoms with E-state index in [1.165, 1.54) is 32.1 Å². The molecule has 2 aromatic heterocycles. The molecule has 1 saturated carbocycles. The summed E-state index contributed by atoms with van der Waals surface area (Å²) in [4.78, 5) is 23.4. The summed E-state index contributed by atoms with van der Waals surface area (Å²) < 4.78 is 1.63. The summed E-state index contributed by atoms with van der Waals surface area (Å²) in [6.45, 7) is 0.894. The fraction of sp³-hybridized carbons (Fsp3) is 0.647. The third kappa shape index (κ3) is 2.94. The fourth-order valence-electron chi connectivity index (χ4n) is 4.20. The minimum absolute atomic E-state index is 0.175. The maximum Gasteiger partial charge on any atom is 0.252 e. The van der Waals surface area contributed by atoms with Crippen molar-refractivity contribution in [2.45, 2.75) is 57.4 Å². The van der Waals surface area contributed by atoms with Gasteiger partial charge in [0.25, 0.3) is 5.78 Å². The normalized spacial score (nSPS) is 22.8. The molecule has 23 heavy (non-hydrogen) atoms. The Morgan fingerprint density at radius 3 is 2.87 bits per heavy atom. The Labute approximate surface area is 135 Å². The zero-order valence-electron chi connectivity index (χ0n) is 13.4. The van der Waals surface area contributed by atoms with Crippen LogP contribution < -0.4 is 0 Å². The predicted octanol–water partition coefficient (Wildman–Crippen LogP) is 2.24. The van der Waals surface area contributed by atoms with Crippen molar-refractivity contribution in [2.75, 3.05) is 6.54 Å². The van der Waals surface area contributed by atoms with E-state index in [0.29, 0.717) is 23.6 Å². The Morgan fingerprint density at radius 2 is 2.04 bits per heavy atom. The van der Waals surface area contributed by atoms with Crippen LogP contribution in [0.25, 0.3) is 5.78 Å². The van der Waals surface area contributed by atoms with Crippen molar-refractivity contribution < 1.29 is 4.79 Å². The van der Waals surface area contributed by atoms with Gasteiger partial charge in [-0.2, -0.15) is 4.98 Å². The van der Waals surface area contributed by atoms with Gasteiger partial charge < -0.3 is 4.90 Å². The largest absolute Gasteiger partial charge is 0.339 e. The van der Waals surface area contributed by atoms with E-state index in [4.69, 9.17) is 0 Å². The molecule has 122 valence electrons. The molecule has 2 aromatic rings. The molecule has 1 aliphatic heterocycles. The van der Waals surface area contributed by atoms with Gasteiger partial charge in [-0.15, -0.1) is 5.10 Å². The van der Waals surface area contributed by atoms with Gasteiger partial charge in [0.05, 0.1) is 6.42 Å². The number of aromatic nitrogens is 4. The first-order chi connectivity index (χ1) is 11.3. The molecule has 3 heterocycles. The number of carbonyl (C=O) groups is 1. The molecule has 6 nitrogen and oxygen atoms in total. The first kappa shape index (κ1) is 14.6. The zero-order chi connectivity index (χ0) is 15.6. The van der Waals surface area contributed by atoms with Crippen LogP contribution in [0.4, 0.5) is 0 Å². The maximum atomic E-state index is 12.8. The number of nitrogens with zero attached hydrogens (tertiary/aromatic N) is 5. The fourth-order valence-corrected chi connectivity index (χ4v) is 4.20. The molecule has 0 N–H and O–H groups in total. The topological polar surface area (TPSA) is 63.4 Å². The number of carbonyl (C=O) groups excluding carboxylic acids is 1. The lowest BCUT2D eigenvalue weighted by Crippen LogP contribution is -2.41. The van der Waals surface area contributed by atoms with E-state index in [0.717, 1.165) is 19.4 Å². The van der Waals surface area contributed by atoms with Gasteiger partial charge in [0.2, 0.25) is 5.91 Å². The summed E-state index contributed by atoms with van der Waals surface area (Å²) in [5, 5.41) is 4.36. The molecular formula is C17H23N5O. The molecule has 0 spiro atoms. The second-order valence-electron chi connectivity index (χ2n) is 6.76. The highest BCUT2D eigenvalue weighted by molar-refractivity contribution is 5.78. The van der Waals surface area contributed by atoms with Crippen LogP contribution >= 0.6 is 0 Å². The van der Waals surface area contributed by atoms with Gasteiger partial charge in [-0.05, 0) is 37.7 Å². The second kappa shape index (κ2) is 6.26. The van der Waals surface area contributed by atoms with E-state index in [2.05, 4.69) is 20.0 Å². The summed E-state index contributed by atoms with van der Waals surface area (Å²) in [7, 11) is 0. The van der Waals surface area contributed by atoms with Crippen LogP contribution in [0.1, 0.15) is 50.8 Å². The first-order valence-corrected chi connectivity index (χ1v) is 8.77. The van der Waals surface area contributed by atoms with E-state index in [9.17, 15) is 4.79 Å². The smallest absolute Gasteiger partial charge is 0.252 e. The van der Waals surface area contributed by atoms with E-state index < -0.39 is 0 Å². The van der Waals surface area contributed by atoms with Crippen molar-refractivity contribution in [3.05, 3.63) is 24.3 Å². The summed E-state index contributed by atoms with van der Waals surface area (Å²) in [5.74, 6) is 2.00. The second-order valence-corrected chi connectivity index (χ2v) is 6.76. The van der Waals surface area contributed by atoms with Crippen LogP contribution in [-0.2, 0) is 11.2 Å². The molecule has 4 rings (SSSR count). The number of hydrogen-bond acceptors (Lipinski definition) is 4. The lowest BCUT2D eigenvalue weighted by atomic mass is 9.83. The molecule has 1 aliphatic carbocycles. The third-order valence-corrected chi connectivity index (χ3v) is 5.28. The van der Waals surface area contributed by atoms with Crippen molar-refractivity contribution in [3.63, 3.8) is 0 Å². The van der Waals surface area contributed by atoms with E-state index in [-0.39, 0.29) is 12.3 Å². The highest BCUT2D eigenvalue weighted by Crippen LogP contribution is 2.34. The molecule has 6 heteroatoms. The molecule has 0 bridgehead atoms. The highest BCUT2D eigenvalue weighted by atomic mass is 16.2. The molecule has 2 aliphatic rings. The predicted molar refractivity (Wildman–Crippen MR) is 85.8 cm³/mol. The SMILES string of the molecule is O=C(Cc1nc2ncccn2n1)N1CCCC1C1CCCCC1. The number of likely N-dealkylation sites (tertiary alicyclic amines) is 1. The summed E-state index contributed by atoms with van der Waals surface area (Å²) in [6, 6.07) is 2.25. The lowest BCUT2D eigenvalue weighted by Gasteiger charge is -2.34. The minimum atomic E-state index is 0.175. The molecular weight excluding hydrogens is 290 g/mol. The van der Waals surface area contributed by atoms with Crippen LogP contribution in [0.15, 0.2) is 18.5 Å². The van der Waals surface area contributed by atoms with Gasteiger partial charge in [-0.1, -0.05) is 19.3 Å². The van der Waals surface area contributed by atoms with Gasteiger partial charge in [0.15, 0.2) is 5.82 Å². The monoisotopic (exact) mass is 313 g/mol. The Bertz CT molecular complexity index is 658. The number of amides is 1. The zero-order valence-corrected chi connectivity index (χ0v) is 13.4. The summed E-state index contributed by atoms with van der Waals surface area (Å²) >= 11 is 0. The van der Waals surface area contributed by atoms with Gasteiger partial charge in [0.1, 0.15) is 0 Å². The van der Waals surface area contributed by atoms with Gasteiger partial charge in [-0.25, -0.2) is 9.50 Å². The van der Waals surface area contributed by atoms with Crippen LogP contribution in [-0.4, -0.2) is 43.0 Å². The number of fused-ring (bicyclic) bond motifs is 1. The van der Waals surface area contributed by atoms with Crippen molar-refractivity contribution in [1.29, 1.82) is 0 Å². The molecule has 2 fully saturated rings. The lowest BCUT2D eigenvalue weighted by molar-refractivity contribution is -0.132. The number of rotatable bonds is 3. The standard InChI is InChI=1S/C17H23N5O/c23-16(12-15-19-17-18-9-5-11-22(17)20-15)21-10-4-8-14(21)13-6-2-1-3-7-13/h5,9,11,13-14H,1-4,6-8,10,12H2. The van der Waals surface area contributed by atoms with Gasteiger partial charge in [0, 0.05) is 25.0 Å². The van der Waals surface area contributed by atoms with E-state index in [1.54, 1.807) is 10.7 Å². The van der Waals surface area contributed by atoms with Crippen molar-refractivity contribution in [2.24, 2.45) is 5.92 Å². The first-order valence-electron chi connectivity index (χ1n) is 8.77. The molecule has 0 aromatic carbocycles. The third-order valence-electron chi connectivity index (χ3n) is 5.28. The summed E-state index contributed by atoms with van der Waals surface area (Å²) in [6.07, 6.45) is 12.6. The molecule has 1 atom stereocenters. The average Bonchev–Trinajstić information content (AvgIpc) is 3.22. The van der Waals surface area contributed by atoms with Crippen molar-refractivity contribution >= 4 is 11.7 Å². The van der Waals surface area contributed by atoms with E-state index >= 15 is 0 Å². The highest BCUT2D eigenvalue weighted by Gasteiger charge is 2.35. The number of hydrogen-bond donors (Lipinski definition) is 0. The summed E-state index contributed by atoms with van der Waals surface area (Å²) in [5.41, 5.74) is 0. The quantitative estimate of drug-likeness (QED) is 0.872.